The van der Waals surface area contributed by atoms with Crippen LogP contribution in [0.1, 0.15) is 20.7 Å². The van der Waals surface area contributed by atoms with Crippen LogP contribution in [-0.2, 0) is 4.79 Å². The smallest absolute Gasteiger partial charge is 0.271 e. The van der Waals surface area contributed by atoms with Gasteiger partial charge in [-0.15, -0.1) is 0 Å². The van der Waals surface area contributed by atoms with Crippen LogP contribution in [0.5, 0.6) is 0 Å². The molecule has 1 aliphatic heterocycles. The van der Waals surface area contributed by atoms with Crippen molar-refractivity contribution in [1.29, 1.82) is 0 Å². The van der Waals surface area contributed by atoms with Gasteiger partial charge < -0.3 is 10.6 Å². The molecule has 0 radical (unpaired) electrons. The molecule has 0 saturated carbocycles. The molecule has 3 rings (SSSR count). The Bertz CT molecular complexity index is 941. The Morgan fingerprint density at radius 1 is 1.08 bits per heavy atom. The fraction of sp³-hybridized carbons (Fsp3) is 0.118. The van der Waals surface area contributed by atoms with Gasteiger partial charge in [0, 0.05) is 30.6 Å². The monoisotopic (exact) mass is 354 g/mol. The van der Waals surface area contributed by atoms with Crippen LogP contribution in [0, 0.1) is 10.1 Å². The normalized spacial score (nSPS) is 12.7. The van der Waals surface area contributed by atoms with Gasteiger partial charge in [-0.2, -0.15) is 0 Å². The van der Waals surface area contributed by atoms with Crippen LogP contribution >= 0.6 is 0 Å². The lowest BCUT2D eigenvalue weighted by Gasteiger charge is -2.08. The Labute approximate surface area is 147 Å². The van der Waals surface area contributed by atoms with Gasteiger partial charge in [0.25, 0.3) is 17.5 Å². The van der Waals surface area contributed by atoms with Crippen LogP contribution in [0.3, 0.4) is 0 Å². The zero-order valence-electron chi connectivity index (χ0n) is 13.7. The number of nitro benzene ring substituents is 1. The number of benzene rings is 2. The van der Waals surface area contributed by atoms with Gasteiger partial charge >= 0.3 is 0 Å². The van der Waals surface area contributed by atoms with Crippen LogP contribution < -0.4 is 10.6 Å². The fourth-order valence-electron chi connectivity index (χ4n) is 2.56. The number of nitro groups is 1. The standard InChI is InChI=1S/C17H14N4O5/c1-20-16(23)13-6-5-11(8-14(13)17(20)24)19-15(22)9-18-10-3-2-4-12(7-10)21(25)26/h2-8,18H,9H2,1H3,(H,19,22). The summed E-state index contributed by atoms with van der Waals surface area (Å²) in [5.41, 5.74) is 1.27. The van der Waals surface area contributed by atoms with Crippen molar-refractivity contribution >= 4 is 34.8 Å². The van der Waals surface area contributed by atoms with Crippen LogP contribution in [0.2, 0.25) is 0 Å². The second kappa shape index (κ2) is 6.63. The first-order valence-electron chi connectivity index (χ1n) is 7.61. The van der Waals surface area contributed by atoms with Crippen molar-refractivity contribution in [2.45, 2.75) is 0 Å². The summed E-state index contributed by atoms with van der Waals surface area (Å²) in [6, 6.07) is 10.3. The minimum atomic E-state index is -0.523. The molecule has 0 aliphatic carbocycles. The van der Waals surface area contributed by atoms with Gasteiger partial charge in [-0.05, 0) is 24.3 Å². The second-order valence-corrected chi connectivity index (χ2v) is 5.64. The van der Waals surface area contributed by atoms with Gasteiger partial charge in [-0.25, -0.2) is 0 Å². The first kappa shape index (κ1) is 17.1. The van der Waals surface area contributed by atoms with E-state index in [1.165, 1.54) is 43.4 Å². The molecule has 2 aromatic carbocycles. The van der Waals surface area contributed by atoms with Crippen LogP contribution in [-0.4, -0.2) is 41.1 Å². The van der Waals surface area contributed by atoms with E-state index in [1.54, 1.807) is 6.07 Å². The van der Waals surface area contributed by atoms with E-state index in [4.69, 9.17) is 0 Å². The summed E-state index contributed by atoms with van der Waals surface area (Å²) in [5.74, 6) is -1.20. The topological polar surface area (TPSA) is 122 Å². The van der Waals surface area contributed by atoms with Crippen molar-refractivity contribution in [1.82, 2.24) is 4.90 Å². The van der Waals surface area contributed by atoms with Crippen molar-refractivity contribution in [2.75, 3.05) is 24.2 Å². The van der Waals surface area contributed by atoms with Crippen molar-refractivity contribution < 1.29 is 19.3 Å². The quantitative estimate of drug-likeness (QED) is 0.480. The molecule has 3 amide bonds. The predicted molar refractivity (Wildman–Crippen MR) is 93.1 cm³/mol. The van der Waals surface area contributed by atoms with Gasteiger partial charge in [0.1, 0.15) is 0 Å². The maximum absolute atomic E-state index is 12.0. The number of imide groups is 1. The number of anilines is 2. The molecule has 9 nitrogen and oxygen atoms in total. The van der Waals surface area contributed by atoms with Gasteiger partial charge in [0.15, 0.2) is 0 Å². The van der Waals surface area contributed by atoms with E-state index in [0.717, 1.165) is 4.90 Å². The summed E-state index contributed by atoms with van der Waals surface area (Å²) >= 11 is 0. The minimum absolute atomic E-state index is 0.0821. The number of carbonyl (C=O) groups excluding carboxylic acids is 3. The minimum Gasteiger partial charge on any atom is -0.376 e. The molecule has 0 spiro atoms. The van der Waals surface area contributed by atoms with E-state index < -0.39 is 16.7 Å². The summed E-state index contributed by atoms with van der Waals surface area (Å²) in [6.07, 6.45) is 0. The Kier molecular flexibility index (Phi) is 4.36. The molecule has 26 heavy (non-hydrogen) atoms. The Morgan fingerprint density at radius 3 is 2.54 bits per heavy atom. The lowest BCUT2D eigenvalue weighted by atomic mass is 10.1. The number of nitrogens with one attached hydrogen (secondary N) is 2. The molecule has 0 atom stereocenters. The first-order valence-corrected chi connectivity index (χ1v) is 7.61. The zero-order valence-corrected chi connectivity index (χ0v) is 13.7. The van der Waals surface area contributed by atoms with Crippen LogP contribution in [0.4, 0.5) is 17.1 Å². The average Bonchev–Trinajstić information content (AvgIpc) is 2.84. The number of amides is 3. The third-order valence-corrected chi connectivity index (χ3v) is 3.88. The zero-order chi connectivity index (χ0) is 18.8. The molecule has 0 bridgehead atoms. The van der Waals surface area contributed by atoms with Gasteiger partial charge in [0.2, 0.25) is 5.91 Å². The van der Waals surface area contributed by atoms with Crippen LogP contribution in [0.15, 0.2) is 42.5 Å². The van der Waals surface area contributed by atoms with Gasteiger partial charge in [-0.3, -0.25) is 29.4 Å². The molecule has 0 saturated heterocycles. The molecule has 1 aliphatic rings. The summed E-state index contributed by atoms with van der Waals surface area (Å²) in [7, 11) is 1.39. The Balaban J connectivity index is 1.64. The maximum Gasteiger partial charge on any atom is 0.271 e. The molecular formula is C17H14N4O5. The van der Waals surface area contributed by atoms with Crippen molar-refractivity contribution in [3.8, 4) is 0 Å². The van der Waals surface area contributed by atoms with E-state index in [1.807, 2.05) is 0 Å². The van der Waals surface area contributed by atoms with Gasteiger partial charge in [0.05, 0.1) is 22.6 Å². The highest BCUT2D eigenvalue weighted by molar-refractivity contribution is 6.21. The highest BCUT2D eigenvalue weighted by Gasteiger charge is 2.32. The lowest BCUT2D eigenvalue weighted by Crippen LogP contribution is -2.24. The number of nitrogens with zero attached hydrogens (tertiary/aromatic N) is 2. The van der Waals surface area contributed by atoms with Crippen LogP contribution in [0.25, 0.3) is 0 Å². The van der Waals surface area contributed by atoms with Crippen molar-refractivity contribution in [3.05, 3.63) is 63.7 Å². The highest BCUT2D eigenvalue weighted by Crippen LogP contribution is 2.24. The number of non-ortho nitro benzene ring substituents is 1. The average molecular weight is 354 g/mol. The number of rotatable bonds is 5. The van der Waals surface area contributed by atoms with E-state index >= 15 is 0 Å². The van der Waals surface area contributed by atoms with Crippen molar-refractivity contribution in [2.24, 2.45) is 0 Å². The van der Waals surface area contributed by atoms with E-state index in [2.05, 4.69) is 10.6 Å². The second-order valence-electron chi connectivity index (χ2n) is 5.64. The van der Waals surface area contributed by atoms with E-state index in [9.17, 15) is 24.5 Å². The molecule has 1 heterocycles. The third kappa shape index (κ3) is 3.22. The maximum atomic E-state index is 12.0. The molecule has 0 unspecified atom stereocenters. The Morgan fingerprint density at radius 2 is 1.81 bits per heavy atom. The molecule has 0 aromatic heterocycles. The highest BCUT2D eigenvalue weighted by atomic mass is 16.6. The number of hydrogen-bond donors (Lipinski definition) is 2. The number of carbonyl (C=O) groups is 3. The van der Waals surface area contributed by atoms with E-state index in [0.29, 0.717) is 16.9 Å². The van der Waals surface area contributed by atoms with E-state index in [-0.39, 0.29) is 23.7 Å². The molecule has 0 fully saturated rings. The molecule has 132 valence electrons. The summed E-state index contributed by atoms with van der Waals surface area (Å²) < 4.78 is 0. The summed E-state index contributed by atoms with van der Waals surface area (Å²) in [4.78, 5) is 47.1. The number of fused-ring (bicyclic) bond motifs is 1. The molecule has 2 N–H and O–H groups in total. The Hall–Kier alpha value is -3.75. The largest absolute Gasteiger partial charge is 0.376 e. The summed E-state index contributed by atoms with van der Waals surface area (Å²) in [5, 5.41) is 16.1. The van der Waals surface area contributed by atoms with Gasteiger partial charge in [-0.1, -0.05) is 6.07 Å². The predicted octanol–water partition coefficient (Wildman–Crippen LogP) is 1.87. The summed E-state index contributed by atoms with van der Waals surface area (Å²) in [6.45, 7) is -0.120. The molecule has 9 heteroatoms. The fourth-order valence-corrected chi connectivity index (χ4v) is 2.56. The first-order chi connectivity index (χ1) is 12.4. The number of hydrogen-bond acceptors (Lipinski definition) is 6. The lowest BCUT2D eigenvalue weighted by molar-refractivity contribution is -0.384. The third-order valence-electron chi connectivity index (χ3n) is 3.88. The molecular weight excluding hydrogens is 340 g/mol. The molecule has 2 aromatic rings. The van der Waals surface area contributed by atoms with Crippen molar-refractivity contribution in [3.63, 3.8) is 0 Å². The SMILES string of the molecule is CN1C(=O)c2ccc(NC(=O)CNc3cccc([N+](=O)[O-])c3)cc2C1=O.